The van der Waals surface area contributed by atoms with Gasteiger partial charge in [0.25, 0.3) is 6.43 Å². The molecule has 0 saturated carbocycles. The zero-order valence-electron chi connectivity index (χ0n) is 12.5. The van der Waals surface area contributed by atoms with Crippen LogP contribution in [0.5, 0.6) is 0 Å². The number of nitrogens with one attached hydrogen (secondary N) is 1. The van der Waals surface area contributed by atoms with Gasteiger partial charge in [-0.15, -0.1) is 12.4 Å². The van der Waals surface area contributed by atoms with E-state index in [1.165, 1.54) is 25.3 Å². The maximum absolute atomic E-state index is 12.7. The van der Waals surface area contributed by atoms with Gasteiger partial charge in [0.2, 0.25) is 0 Å². The van der Waals surface area contributed by atoms with Crippen molar-refractivity contribution in [2.75, 3.05) is 26.7 Å². The lowest BCUT2D eigenvalue weighted by Crippen LogP contribution is -2.34. The molecule has 0 bridgehead atoms. The van der Waals surface area contributed by atoms with Gasteiger partial charge in [-0.2, -0.15) is 0 Å². The summed E-state index contributed by atoms with van der Waals surface area (Å²) in [5.41, 5.74) is 1.13. The lowest BCUT2D eigenvalue weighted by atomic mass is 9.93. The molecule has 1 aromatic rings. The number of benzene rings is 1. The number of rotatable bonds is 6. The molecule has 1 N–H and O–H groups in total. The number of piperidine rings is 1. The Kier molecular flexibility index (Phi) is 8.15. The number of hydrogen-bond donors (Lipinski definition) is 1. The molecule has 1 saturated heterocycles. The Morgan fingerprint density at radius 1 is 1.29 bits per heavy atom. The minimum Gasteiger partial charge on any atom is -0.320 e. The third kappa shape index (κ3) is 5.89. The number of nitrogens with zero attached hydrogens (tertiary/aromatic N) is 1. The fourth-order valence-electron chi connectivity index (χ4n) is 2.87. The second kappa shape index (κ2) is 9.34. The second-order valence-electron chi connectivity index (χ2n) is 5.66. The minimum atomic E-state index is -2.37. The van der Waals surface area contributed by atoms with Crippen LogP contribution in [-0.4, -0.2) is 31.6 Å². The van der Waals surface area contributed by atoms with E-state index in [2.05, 4.69) is 10.2 Å². The Hall–Kier alpha value is -0.710. The van der Waals surface area contributed by atoms with Gasteiger partial charge >= 0.3 is 0 Å². The van der Waals surface area contributed by atoms with Crippen LogP contribution >= 0.6 is 12.4 Å². The molecular formula is C16H25ClF2N2. The summed E-state index contributed by atoms with van der Waals surface area (Å²) in [4.78, 5) is 2.38. The Morgan fingerprint density at radius 2 is 2.00 bits per heavy atom. The van der Waals surface area contributed by atoms with E-state index < -0.39 is 6.43 Å². The van der Waals surface area contributed by atoms with Gasteiger partial charge in [-0.05, 0) is 63.5 Å². The van der Waals surface area contributed by atoms with Gasteiger partial charge in [0.05, 0.1) is 0 Å². The SMILES string of the molecule is CNCCC1CCN(Cc2cccc(C(F)F)c2)CC1.Cl. The van der Waals surface area contributed by atoms with Gasteiger partial charge in [0, 0.05) is 12.1 Å². The molecule has 0 amide bonds. The van der Waals surface area contributed by atoms with E-state index in [-0.39, 0.29) is 18.0 Å². The largest absolute Gasteiger partial charge is 0.320 e. The molecule has 0 aliphatic carbocycles. The lowest BCUT2D eigenvalue weighted by molar-refractivity contribution is 0.150. The molecule has 1 aromatic carbocycles. The van der Waals surface area contributed by atoms with Crippen molar-refractivity contribution in [3.05, 3.63) is 35.4 Å². The van der Waals surface area contributed by atoms with Gasteiger partial charge < -0.3 is 5.32 Å². The molecule has 0 atom stereocenters. The predicted molar refractivity (Wildman–Crippen MR) is 85.2 cm³/mol. The van der Waals surface area contributed by atoms with Crippen LogP contribution in [0.2, 0.25) is 0 Å². The highest BCUT2D eigenvalue weighted by atomic mass is 35.5. The molecule has 0 aromatic heterocycles. The molecule has 1 heterocycles. The van der Waals surface area contributed by atoms with Crippen LogP contribution in [0.15, 0.2) is 24.3 Å². The normalized spacial score (nSPS) is 17.0. The van der Waals surface area contributed by atoms with Gasteiger partial charge in [-0.1, -0.05) is 18.2 Å². The van der Waals surface area contributed by atoms with E-state index in [0.29, 0.717) is 0 Å². The molecule has 2 nitrogen and oxygen atoms in total. The van der Waals surface area contributed by atoms with Crippen molar-refractivity contribution in [2.24, 2.45) is 5.92 Å². The van der Waals surface area contributed by atoms with Gasteiger partial charge in [0.15, 0.2) is 0 Å². The van der Waals surface area contributed by atoms with Crippen molar-refractivity contribution in [3.63, 3.8) is 0 Å². The highest BCUT2D eigenvalue weighted by Crippen LogP contribution is 2.23. The summed E-state index contributed by atoms with van der Waals surface area (Å²) in [6.07, 6.45) is 1.31. The van der Waals surface area contributed by atoms with Crippen molar-refractivity contribution in [1.29, 1.82) is 0 Å². The first kappa shape index (κ1) is 18.3. The molecule has 0 unspecified atom stereocenters. The smallest absolute Gasteiger partial charge is 0.263 e. The molecule has 5 heteroatoms. The first-order valence-corrected chi connectivity index (χ1v) is 7.43. The molecular weight excluding hydrogens is 294 g/mol. The predicted octanol–water partition coefficient (Wildman–Crippen LogP) is 3.87. The Balaban J connectivity index is 0.00000220. The van der Waals surface area contributed by atoms with E-state index >= 15 is 0 Å². The third-order valence-corrected chi connectivity index (χ3v) is 4.12. The average Bonchev–Trinajstić information content (AvgIpc) is 2.47. The number of alkyl halides is 2. The molecule has 1 aliphatic rings. The van der Waals surface area contributed by atoms with E-state index in [4.69, 9.17) is 0 Å². The summed E-state index contributed by atoms with van der Waals surface area (Å²) >= 11 is 0. The standard InChI is InChI=1S/C16H24F2N2.ClH/c1-19-8-5-13-6-9-20(10-7-13)12-14-3-2-4-15(11-14)16(17)18;/h2-4,11,13,16,19H,5-10,12H2,1H3;1H. The number of hydrogen-bond acceptors (Lipinski definition) is 2. The van der Waals surface area contributed by atoms with E-state index in [1.54, 1.807) is 12.1 Å². The zero-order valence-corrected chi connectivity index (χ0v) is 13.3. The third-order valence-electron chi connectivity index (χ3n) is 4.12. The van der Waals surface area contributed by atoms with Crippen molar-refractivity contribution in [3.8, 4) is 0 Å². The Labute approximate surface area is 132 Å². The van der Waals surface area contributed by atoms with Crippen LogP contribution in [0.3, 0.4) is 0 Å². The number of halogens is 3. The summed E-state index contributed by atoms with van der Waals surface area (Å²) in [5, 5.41) is 3.20. The zero-order chi connectivity index (χ0) is 14.4. The van der Waals surface area contributed by atoms with E-state index in [1.807, 2.05) is 13.1 Å². The summed E-state index contributed by atoms with van der Waals surface area (Å²) in [6, 6.07) is 6.81. The molecule has 2 rings (SSSR count). The van der Waals surface area contributed by atoms with Crippen molar-refractivity contribution < 1.29 is 8.78 Å². The fraction of sp³-hybridized carbons (Fsp3) is 0.625. The van der Waals surface area contributed by atoms with E-state index in [9.17, 15) is 8.78 Å². The summed E-state index contributed by atoms with van der Waals surface area (Å²) in [6.45, 7) is 4.03. The minimum absolute atomic E-state index is 0. The van der Waals surface area contributed by atoms with Crippen LogP contribution < -0.4 is 5.32 Å². The van der Waals surface area contributed by atoms with Crippen LogP contribution in [0.25, 0.3) is 0 Å². The maximum Gasteiger partial charge on any atom is 0.263 e. The number of likely N-dealkylation sites (tertiary alicyclic amines) is 1. The first-order valence-electron chi connectivity index (χ1n) is 7.43. The van der Waals surface area contributed by atoms with E-state index in [0.717, 1.165) is 37.7 Å². The van der Waals surface area contributed by atoms with Crippen LogP contribution in [0.1, 0.15) is 36.8 Å². The Bertz CT molecular complexity index is 407. The van der Waals surface area contributed by atoms with Gasteiger partial charge in [-0.25, -0.2) is 8.78 Å². The lowest BCUT2D eigenvalue weighted by Gasteiger charge is -2.32. The van der Waals surface area contributed by atoms with Gasteiger partial charge in [-0.3, -0.25) is 4.90 Å². The molecule has 0 spiro atoms. The Morgan fingerprint density at radius 3 is 2.62 bits per heavy atom. The highest BCUT2D eigenvalue weighted by molar-refractivity contribution is 5.85. The molecule has 21 heavy (non-hydrogen) atoms. The maximum atomic E-state index is 12.7. The molecule has 1 fully saturated rings. The van der Waals surface area contributed by atoms with Crippen molar-refractivity contribution >= 4 is 12.4 Å². The molecule has 1 aliphatic heterocycles. The van der Waals surface area contributed by atoms with Gasteiger partial charge in [0.1, 0.15) is 0 Å². The van der Waals surface area contributed by atoms with Crippen molar-refractivity contribution in [2.45, 2.75) is 32.2 Å². The molecule has 0 radical (unpaired) electrons. The van der Waals surface area contributed by atoms with Crippen molar-refractivity contribution in [1.82, 2.24) is 10.2 Å². The van der Waals surface area contributed by atoms with Crippen LogP contribution in [0.4, 0.5) is 8.78 Å². The summed E-state index contributed by atoms with van der Waals surface area (Å²) in [5.74, 6) is 0.811. The highest BCUT2D eigenvalue weighted by Gasteiger charge is 2.19. The average molecular weight is 319 g/mol. The quantitative estimate of drug-likeness (QED) is 0.856. The first-order chi connectivity index (χ1) is 9.69. The van der Waals surface area contributed by atoms with Crippen LogP contribution in [-0.2, 0) is 6.54 Å². The monoisotopic (exact) mass is 318 g/mol. The second-order valence-corrected chi connectivity index (χ2v) is 5.66. The topological polar surface area (TPSA) is 15.3 Å². The summed E-state index contributed by atoms with van der Waals surface area (Å²) in [7, 11) is 1.99. The summed E-state index contributed by atoms with van der Waals surface area (Å²) < 4.78 is 25.4. The molecule has 120 valence electrons. The fourth-order valence-corrected chi connectivity index (χ4v) is 2.87. The van der Waals surface area contributed by atoms with Crippen LogP contribution in [0, 0.1) is 5.92 Å².